The van der Waals surface area contributed by atoms with Crippen molar-refractivity contribution >= 4 is 29.9 Å². The van der Waals surface area contributed by atoms with Gasteiger partial charge in [-0.1, -0.05) is 30.3 Å². The van der Waals surface area contributed by atoms with Crippen LogP contribution in [-0.2, 0) is 33.6 Å². The molecule has 0 spiro atoms. The Hall–Kier alpha value is -2.43. The summed E-state index contributed by atoms with van der Waals surface area (Å²) in [5.74, 6) is 3.36. The van der Waals surface area contributed by atoms with Crippen molar-refractivity contribution in [2.45, 2.75) is 32.9 Å². The molecule has 1 aliphatic rings. The molecule has 8 nitrogen and oxygen atoms in total. The van der Waals surface area contributed by atoms with Crippen LogP contribution in [0.4, 0.5) is 0 Å². The maximum absolute atomic E-state index is 4.93. The monoisotopic (exact) mass is 534 g/mol. The molecule has 166 valence electrons. The molecule has 1 aliphatic heterocycles. The molecule has 1 saturated heterocycles. The molecule has 2 aromatic heterocycles. The van der Waals surface area contributed by atoms with E-state index in [1.54, 1.807) is 0 Å². The zero-order valence-corrected chi connectivity index (χ0v) is 20.7. The fourth-order valence-corrected chi connectivity index (χ4v) is 3.88. The number of nitrogens with one attached hydrogen (secondary N) is 1. The lowest BCUT2D eigenvalue weighted by atomic mass is 10.0. The number of halogens is 1. The van der Waals surface area contributed by atoms with Crippen molar-refractivity contribution in [3.05, 3.63) is 65.5 Å². The van der Waals surface area contributed by atoms with E-state index >= 15 is 0 Å². The third kappa shape index (κ3) is 6.05. The van der Waals surface area contributed by atoms with Gasteiger partial charge in [-0.2, -0.15) is 5.10 Å². The van der Waals surface area contributed by atoms with Crippen molar-refractivity contribution < 1.29 is 0 Å². The molecule has 9 heteroatoms. The van der Waals surface area contributed by atoms with Gasteiger partial charge in [0, 0.05) is 33.4 Å². The predicted octanol–water partition coefficient (Wildman–Crippen LogP) is 2.69. The summed E-state index contributed by atoms with van der Waals surface area (Å²) in [4.78, 5) is 7.30. The second kappa shape index (κ2) is 10.7. The number of rotatable bonds is 6. The topological polar surface area (TPSA) is 76.2 Å². The van der Waals surface area contributed by atoms with E-state index < -0.39 is 0 Å². The zero-order chi connectivity index (χ0) is 20.9. The molecule has 0 aliphatic carbocycles. The van der Waals surface area contributed by atoms with Crippen LogP contribution in [-0.4, -0.2) is 48.5 Å². The Morgan fingerprint density at radius 1 is 1.16 bits per heavy atom. The van der Waals surface area contributed by atoms with Crippen molar-refractivity contribution in [3.63, 3.8) is 0 Å². The fraction of sp³-hybridized carbons (Fsp3) is 0.455. The van der Waals surface area contributed by atoms with Gasteiger partial charge in [-0.3, -0.25) is 4.68 Å². The maximum Gasteiger partial charge on any atom is 0.194 e. The molecule has 1 unspecified atom stereocenters. The first-order valence-electron chi connectivity index (χ1n) is 10.5. The standard InChI is InChI=1S/C22H30N8.HI/c1-17-26-27-21(29(17)3)14-24-22(23-12-18-7-5-4-6-8-18)30-10-9-19(16-30)11-20-13-25-28(2)15-20;/h4-8,13,15,19H,9-12,14,16H2,1-3H3,(H,23,24);1H. The number of hydrogen-bond donors (Lipinski definition) is 1. The largest absolute Gasteiger partial charge is 0.349 e. The van der Waals surface area contributed by atoms with Gasteiger partial charge in [-0.25, -0.2) is 4.99 Å². The molecule has 0 radical (unpaired) electrons. The van der Waals surface area contributed by atoms with Crippen molar-refractivity contribution in [2.75, 3.05) is 13.1 Å². The van der Waals surface area contributed by atoms with Gasteiger partial charge in [0.05, 0.1) is 19.3 Å². The van der Waals surface area contributed by atoms with Crippen molar-refractivity contribution in [1.29, 1.82) is 0 Å². The van der Waals surface area contributed by atoms with Gasteiger partial charge < -0.3 is 14.8 Å². The normalized spacial score (nSPS) is 16.4. The van der Waals surface area contributed by atoms with E-state index in [1.807, 2.05) is 42.5 Å². The summed E-state index contributed by atoms with van der Waals surface area (Å²) >= 11 is 0. The van der Waals surface area contributed by atoms with Gasteiger partial charge in [0.25, 0.3) is 0 Å². The number of aryl methyl sites for hydroxylation is 2. The highest BCUT2D eigenvalue weighted by atomic mass is 127. The summed E-state index contributed by atoms with van der Waals surface area (Å²) in [5.41, 5.74) is 2.51. The molecule has 1 atom stereocenters. The number of aromatic nitrogens is 5. The number of aliphatic imine (C=N–C) groups is 1. The van der Waals surface area contributed by atoms with Crippen LogP contribution in [0, 0.1) is 12.8 Å². The minimum absolute atomic E-state index is 0. The minimum atomic E-state index is 0. The molecule has 1 aromatic carbocycles. The summed E-state index contributed by atoms with van der Waals surface area (Å²) < 4.78 is 3.89. The van der Waals surface area contributed by atoms with Crippen molar-refractivity contribution in [1.82, 2.24) is 34.8 Å². The molecule has 3 aromatic rings. The van der Waals surface area contributed by atoms with E-state index in [2.05, 4.69) is 56.0 Å². The third-order valence-electron chi connectivity index (χ3n) is 5.71. The lowest BCUT2D eigenvalue weighted by Crippen LogP contribution is -2.40. The lowest BCUT2D eigenvalue weighted by molar-refractivity contribution is 0.456. The van der Waals surface area contributed by atoms with Crippen LogP contribution >= 0.6 is 24.0 Å². The van der Waals surface area contributed by atoms with Gasteiger partial charge >= 0.3 is 0 Å². The van der Waals surface area contributed by atoms with Gasteiger partial charge in [0.15, 0.2) is 11.8 Å². The van der Waals surface area contributed by atoms with Crippen LogP contribution in [0.1, 0.15) is 29.2 Å². The Kier molecular flexibility index (Phi) is 8.05. The molecular formula is C22H31IN8. The van der Waals surface area contributed by atoms with E-state index in [0.717, 1.165) is 43.5 Å². The number of likely N-dealkylation sites (tertiary alicyclic amines) is 1. The van der Waals surface area contributed by atoms with Crippen LogP contribution < -0.4 is 5.32 Å². The number of benzene rings is 1. The minimum Gasteiger partial charge on any atom is -0.349 e. The Labute approximate surface area is 200 Å². The molecule has 0 amide bonds. The van der Waals surface area contributed by atoms with Gasteiger partial charge in [-0.05, 0) is 36.8 Å². The van der Waals surface area contributed by atoms with Gasteiger partial charge in [0.2, 0.25) is 0 Å². The van der Waals surface area contributed by atoms with Crippen molar-refractivity contribution in [2.24, 2.45) is 25.0 Å². The second-order valence-electron chi connectivity index (χ2n) is 8.03. The molecule has 0 saturated carbocycles. The molecule has 0 bridgehead atoms. The molecule has 3 heterocycles. The highest BCUT2D eigenvalue weighted by molar-refractivity contribution is 14.0. The van der Waals surface area contributed by atoms with Crippen LogP contribution in [0.25, 0.3) is 0 Å². The average Bonchev–Trinajstić information content (AvgIpc) is 3.46. The molecule has 1 fully saturated rings. The molecule has 1 N–H and O–H groups in total. The summed E-state index contributed by atoms with van der Waals surface area (Å²) in [7, 11) is 3.96. The smallest absolute Gasteiger partial charge is 0.194 e. The van der Waals surface area contributed by atoms with E-state index in [4.69, 9.17) is 4.99 Å². The van der Waals surface area contributed by atoms with Crippen molar-refractivity contribution in [3.8, 4) is 0 Å². The summed E-state index contributed by atoms with van der Waals surface area (Å²) in [6.45, 7) is 5.22. The van der Waals surface area contributed by atoms with Crippen LogP contribution in [0.15, 0.2) is 47.7 Å². The third-order valence-corrected chi connectivity index (χ3v) is 5.71. The highest BCUT2D eigenvalue weighted by Gasteiger charge is 2.25. The first-order chi connectivity index (χ1) is 14.6. The molecule has 31 heavy (non-hydrogen) atoms. The number of guanidine groups is 1. The summed E-state index contributed by atoms with van der Waals surface area (Å²) in [6, 6.07) is 10.4. The Bertz CT molecular complexity index is 994. The average molecular weight is 534 g/mol. The predicted molar refractivity (Wildman–Crippen MR) is 132 cm³/mol. The number of hydrogen-bond acceptors (Lipinski definition) is 4. The maximum atomic E-state index is 4.93. The first kappa shape index (κ1) is 23.2. The fourth-order valence-electron chi connectivity index (χ4n) is 3.88. The zero-order valence-electron chi connectivity index (χ0n) is 18.4. The summed E-state index contributed by atoms with van der Waals surface area (Å²) in [6.07, 6.45) is 6.30. The van der Waals surface area contributed by atoms with Crippen LogP contribution in [0.2, 0.25) is 0 Å². The number of nitrogens with zero attached hydrogens (tertiary/aromatic N) is 7. The molecular weight excluding hydrogens is 503 g/mol. The second-order valence-corrected chi connectivity index (χ2v) is 8.03. The Morgan fingerprint density at radius 3 is 2.65 bits per heavy atom. The highest BCUT2D eigenvalue weighted by Crippen LogP contribution is 2.21. The van der Waals surface area contributed by atoms with Crippen LogP contribution in [0.5, 0.6) is 0 Å². The van der Waals surface area contributed by atoms with Gasteiger partial charge in [0.1, 0.15) is 5.82 Å². The van der Waals surface area contributed by atoms with E-state index in [-0.39, 0.29) is 24.0 Å². The molecule has 4 rings (SSSR count). The van der Waals surface area contributed by atoms with E-state index in [9.17, 15) is 0 Å². The van der Waals surface area contributed by atoms with Crippen LogP contribution in [0.3, 0.4) is 0 Å². The van der Waals surface area contributed by atoms with E-state index in [1.165, 1.54) is 11.1 Å². The first-order valence-corrected chi connectivity index (χ1v) is 10.5. The SMILES string of the molecule is Cc1nnc(CNC(=NCc2ccccc2)N2CCC(Cc3cnn(C)c3)C2)n1C.I. The Morgan fingerprint density at radius 2 is 1.97 bits per heavy atom. The van der Waals surface area contributed by atoms with Gasteiger partial charge in [-0.15, -0.1) is 34.2 Å². The quantitative estimate of drug-likeness (QED) is 0.299. The Balaban J connectivity index is 0.00000272. The lowest BCUT2D eigenvalue weighted by Gasteiger charge is -2.22. The summed E-state index contributed by atoms with van der Waals surface area (Å²) in [5, 5.41) is 16.3. The van der Waals surface area contributed by atoms with E-state index in [0.29, 0.717) is 19.0 Å².